The van der Waals surface area contributed by atoms with Crippen LogP contribution in [0.3, 0.4) is 0 Å². The van der Waals surface area contributed by atoms with Crippen molar-refractivity contribution >= 4 is 29.3 Å². The van der Waals surface area contributed by atoms with Crippen LogP contribution in [0, 0.1) is 5.92 Å². The molecule has 1 aromatic heterocycles. The first-order valence-electron chi connectivity index (χ1n) is 11.4. The molecule has 2 aliphatic rings. The van der Waals surface area contributed by atoms with Gasteiger partial charge in [-0.05, 0) is 64.5 Å². The highest BCUT2D eigenvalue weighted by Gasteiger charge is 2.32. The van der Waals surface area contributed by atoms with Crippen molar-refractivity contribution in [3.05, 3.63) is 45.6 Å². The van der Waals surface area contributed by atoms with Crippen molar-refractivity contribution in [2.45, 2.75) is 58.0 Å². The zero-order valence-electron chi connectivity index (χ0n) is 19.1. The van der Waals surface area contributed by atoms with E-state index in [-0.39, 0.29) is 5.60 Å². The lowest BCUT2D eigenvalue weighted by atomic mass is 9.95. The summed E-state index contributed by atoms with van der Waals surface area (Å²) in [4.78, 5) is 2.33. The van der Waals surface area contributed by atoms with Crippen molar-refractivity contribution < 1.29 is 14.0 Å². The fraction of sp³-hybridized carbons (Fsp3) is 0.560. The highest BCUT2D eigenvalue weighted by molar-refractivity contribution is 6.39. The Morgan fingerprint density at radius 3 is 2.44 bits per heavy atom. The van der Waals surface area contributed by atoms with Crippen LogP contribution in [0.5, 0.6) is 0 Å². The molecule has 0 N–H and O–H groups in total. The molecule has 32 heavy (non-hydrogen) atoms. The zero-order valence-corrected chi connectivity index (χ0v) is 20.6. The number of halogens is 2. The van der Waals surface area contributed by atoms with Crippen LogP contribution < -0.4 is 0 Å². The Morgan fingerprint density at radius 2 is 1.81 bits per heavy atom. The van der Waals surface area contributed by atoms with E-state index in [2.05, 4.69) is 22.2 Å². The lowest BCUT2D eigenvalue weighted by Crippen LogP contribution is -2.35. The first kappa shape index (κ1) is 23.8. The molecule has 1 saturated heterocycles. The monoisotopic (exact) mass is 478 g/mol. The van der Waals surface area contributed by atoms with Gasteiger partial charge in [0.25, 0.3) is 0 Å². The van der Waals surface area contributed by atoms with E-state index in [1.165, 1.54) is 0 Å². The Morgan fingerprint density at radius 1 is 1.12 bits per heavy atom. The zero-order chi connectivity index (χ0) is 22.7. The molecule has 1 aliphatic heterocycles. The van der Waals surface area contributed by atoms with Gasteiger partial charge in [0, 0.05) is 30.1 Å². The summed E-state index contributed by atoms with van der Waals surface area (Å²) in [5, 5.41) is 5.55. The number of aromatic nitrogens is 1. The van der Waals surface area contributed by atoms with Crippen LogP contribution in [0.25, 0.3) is 17.3 Å². The third kappa shape index (κ3) is 6.15. The van der Waals surface area contributed by atoms with Crippen LogP contribution in [0.1, 0.15) is 63.7 Å². The SMILES string of the molecule is CC(C)(C)OCOCN1CCC(/C=C\c2c(-c3c(Cl)cccc3Cl)noc2C2CC2)CC1. The lowest BCUT2D eigenvalue weighted by Gasteiger charge is -2.30. The van der Waals surface area contributed by atoms with Crippen molar-refractivity contribution in [3.8, 4) is 11.3 Å². The van der Waals surface area contributed by atoms with E-state index in [1.54, 1.807) is 0 Å². The number of ether oxygens (including phenoxy) is 2. The molecule has 4 rings (SSSR count). The van der Waals surface area contributed by atoms with Crippen molar-refractivity contribution in [2.24, 2.45) is 5.92 Å². The Balaban J connectivity index is 1.39. The Bertz CT molecular complexity index is 919. The molecule has 1 aromatic carbocycles. The summed E-state index contributed by atoms with van der Waals surface area (Å²) in [6, 6.07) is 5.52. The number of piperidine rings is 1. The Labute approximate surface area is 200 Å². The summed E-state index contributed by atoms with van der Waals surface area (Å²) in [5.74, 6) is 1.91. The number of allylic oxidation sites excluding steroid dienone is 1. The van der Waals surface area contributed by atoms with Gasteiger partial charge in [0.15, 0.2) is 0 Å². The number of benzene rings is 1. The van der Waals surface area contributed by atoms with Gasteiger partial charge in [-0.25, -0.2) is 0 Å². The van der Waals surface area contributed by atoms with Crippen molar-refractivity contribution in [1.82, 2.24) is 10.1 Å². The Kier molecular flexibility index (Phi) is 7.63. The van der Waals surface area contributed by atoms with Gasteiger partial charge in [-0.1, -0.05) is 46.6 Å². The smallest absolute Gasteiger partial charge is 0.149 e. The molecule has 2 aromatic rings. The maximum absolute atomic E-state index is 6.47. The average Bonchev–Trinajstić information content (AvgIpc) is 3.50. The molecule has 0 radical (unpaired) electrons. The summed E-state index contributed by atoms with van der Waals surface area (Å²) in [6.45, 7) is 9.05. The third-order valence-electron chi connectivity index (χ3n) is 5.92. The van der Waals surface area contributed by atoms with E-state index >= 15 is 0 Å². The minimum Gasteiger partial charge on any atom is -0.360 e. The number of hydrogen-bond acceptors (Lipinski definition) is 5. The molecule has 0 amide bonds. The average molecular weight is 479 g/mol. The minimum atomic E-state index is -0.174. The summed E-state index contributed by atoms with van der Waals surface area (Å²) in [7, 11) is 0. The first-order chi connectivity index (χ1) is 15.3. The van der Waals surface area contributed by atoms with E-state index in [4.69, 9.17) is 37.2 Å². The van der Waals surface area contributed by atoms with Crippen molar-refractivity contribution in [3.63, 3.8) is 0 Å². The third-order valence-corrected chi connectivity index (χ3v) is 6.55. The van der Waals surface area contributed by atoms with Gasteiger partial charge in [-0.3, -0.25) is 4.90 Å². The number of rotatable bonds is 8. The van der Waals surface area contributed by atoms with Gasteiger partial charge in [0.1, 0.15) is 25.0 Å². The van der Waals surface area contributed by atoms with E-state index in [1.807, 2.05) is 39.0 Å². The van der Waals surface area contributed by atoms with Gasteiger partial charge >= 0.3 is 0 Å². The maximum atomic E-state index is 6.47. The topological polar surface area (TPSA) is 47.7 Å². The molecule has 174 valence electrons. The maximum Gasteiger partial charge on any atom is 0.149 e. The van der Waals surface area contributed by atoms with Crippen LogP contribution in [-0.4, -0.2) is 42.3 Å². The highest BCUT2D eigenvalue weighted by Crippen LogP contribution is 2.46. The highest BCUT2D eigenvalue weighted by atomic mass is 35.5. The van der Waals surface area contributed by atoms with E-state index in [0.29, 0.717) is 35.4 Å². The predicted molar refractivity (Wildman–Crippen MR) is 129 cm³/mol. The molecule has 0 unspecified atom stereocenters. The molecular formula is C25H32Cl2N2O3. The summed E-state index contributed by atoms with van der Waals surface area (Å²) in [6.07, 6.45) is 8.94. The molecule has 2 fully saturated rings. The van der Waals surface area contributed by atoms with E-state index in [0.717, 1.165) is 61.4 Å². The molecule has 0 bridgehead atoms. The second kappa shape index (κ2) is 10.3. The number of hydrogen-bond donors (Lipinski definition) is 0. The molecule has 1 aliphatic carbocycles. The van der Waals surface area contributed by atoms with Crippen LogP contribution in [0.4, 0.5) is 0 Å². The second-order valence-corrected chi connectivity index (χ2v) is 10.5. The largest absolute Gasteiger partial charge is 0.360 e. The van der Waals surface area contributed by atoms with Gasteiger partial charge in [-0.15, -0.1) is 0 Å². The van der Waals surface area contributed by atoms with Crippen LogP contribution in [-0.2, 0) is 9.47 Å². The van der Waals surface area contributed by atoms with Gasteiger partial charge < -0.3 is 14.0 Å². The molecule has 0 atom stereocenters. The minimum absolute atomic E-state index is 0.174. The fourth-order valence-corrected chi connectivity index (χ4v) is 4.48. The second-order valence-electron chi connectivity index (χ2n) is 9.70. The normalized spacial score (nSPS) is 18.7. The lowest BCUT2D eigenvalue weighted by molar-refractivity contribution is -0.142. The molecule has 5 nitrogen and oxygen atoms in total. The standard InChI is InChI=1S/C25H32Cl2N2O3/c1-25(2,3)31-16-30-15-29-13-11-17(12-14-29)7-10-19-23(28-32-24(19)18-8-9-18)22-20(26)5-4-6-21(22)27/h4-7,10,17-18H,8-9,11-16H2,1-3H3/b10-7-. The summed E-state index contributed by atoms with van der Waals surface area (Å²) >= 11 is 12.9. The summed E-state index contributed by atoms with van der Waals surface area (Å²) in [5.41, 5.74) is 2.33. The summed E-state index contributed by atoms with van der Waals surface area (Å²) < 4.78 is 17.1. The van der Waals surface area contributed by atoms with Gasteiger partial charge in [-0.2, -0.15) is 0 Å². The fourth-order valence-electron chi connectivity index (χ4n) is 3.91. The van der Waals surface area contributed by atoms with Crippen molar-refractivity contribution in [2.75, 3.05) is 26.6 Å². The quantitative estimate of drug-likeness (QED) is 0.301. The van der Waals surface area contributed by atoms with Crippen molar-refractivity contribution in [1.29, 1.82) is 0 Å². The molecule has 1 saturated carbocycles. The molecule has 2 heterocycles. The van der Waals surface area contributed by atoms with E-state index < -0.39 is 0 Å². The van der Waals surface area contributed by atoms with Crippen LogP contribution >= 0.6 is 23.2 Å². The number of nitrogens with zero attached hydrogens (tertiary/aromatic N) is 2. The van der Waals surface area contributed by atoms with Gasteiger partial charge in [0.2, 0.25) is 0 Å². The predicted octanol–water partition coefficient (Wildman–Crippen LogP) is 7.00. The van der Waals surface area contributed by atoms with Crippen LogP contribution in [0.15, 0.2) is 28.8 Å². The molecule has 7 heteroatoms. The van der Waals surface area contributed by atoms with Crippen LogP contribution in [0.2, 0.25) is 10.0 Å². The van der Waals surface area contributed by atoms with E-state index in [9.17, 15) is 0 Å². The number of likely N-dealkylation sites (tertiary alicyclic amines) is 1. The Hall–Kier alpha value is -1.37. The molecular weight excluding hydrogens is 447 g/mol. The van der Waals surface area contributed by atoms with Gasteiger partial charge in [0.05, 0.1) is 15.6 Å². The first-order valence-corrected chi connectivity index (χ1v) is 12.1. The molecule has 0 spiro atoms.